The van der Waals surface area contributed by atoms with Crippen molar-refractivity contribution in [3.63, 3.8) is 0 Å². The van der Waals surface area contributed by atoms with Gasteiger partial charge in [-0.2, -0.15) is 0 Å². The monoisotopic (exact) mass is 425 g/mol. The first-order valence-corrected chi connectivity index (χ1v) is 10.1. The van der Waals surface area contributed by atoms with Gasteiger partial charge in [0.2, 0.25) is 0 Å². The highest BCUT2D eigenvalue weighted by Gasteiger charge is 2.22. The minimum atomic E-state index is -0.590. The molecular weight excluding hydrogens is 405 g/mol. The van der Waals surface area contributed by atoms with Crippen LogP contribution in [0.2, 0.25) is 5.02 Å². The van der Waals surface area contributed by atoms with Gasteiger partial charge in [-0.05, 0) is 37.0 Å². The van der Waals surface area contributed by atoms with Gasteiger partial charge in [0, 0.05) is 25.4 Å². The molecule has 0 bridgehead atoms. The summed E-state index contributed by atoms with van der Waals surface area (Å²) in [7, 11) is 0. The Bertz CT molecular complexity index is 827. The minimum Gasteiger partial charge on any atom is -0.493 e. The summed E-state index contributed by atoms with van der Waals surface area (Å²) in [6, 6.07) is 4.93. The number of hydrogen-bond donors (Lipinski definition) is 2. The van der Waals surface area contributed by atoms with E-state index in [0.717, 1.165) is 17.2 Å². The number of hydrogen-bond acceptors (Lipinski definition) is 5. The first-order valence-electron chi connectivity index (χ1n) is 8.94. The number of aromatic nitrogens is 1. The molecule has 9 heteroatoms. The number of rotatable bonds is 10. The SMILES string of the molecule is O=C(NC/C=C/c1cnc(Oc2ccc(OCC3CC3)cc2Cl)s1)NCCF. The maximum absolute atomic E-state index is 11.9. The topological polar surface area (TPSA) is 72.5 Å². The lowest BCUT2D eigenvalue weighted by atomic mass is 10.3. The van der Waals surface area contributed by atoms with Crippen molar-refractivity contribution in [1.29, 1.82) is 0 Å². The van der Waals surface area contributed by atoms with Crippen LogP contribution in [-0.4, -0.2) is 37.4 Å². The van der Waals surface area contributed by atoms with Gasteiger partial charge in [0.25, 0.3) is 5.19 Å². The molecule has 1 aliphatic carbocycles. The molecule has 0 spiro atoms. The van der Waals surface area contributed by atoms with Crippen molar-refractivity contribution in [3.8, 4) is 16.7 Å². The summed E-state index contributed by atoms with van der Waals surface area (Å²) in [4.78, 5) is 16.4. The number of carbonyl (C=O) groups is 1. The molecule has 0 atom stereocenters. The summed E-state index contributed by atoms with van der Waals surface area (Å²) in [5.41, 5.74) is 0. The fourth-order valence-electron chi connectivity index (χ4n) is 2.19. The molecule has 0 unspecified atom stereocenters. The zero-order valence-corrected chi connectivity index (χ0v) is 16.7. The second kappa shape index (κ2) is 10.3. The lowest BCUT2D eigenvalue weighted by Gasteiger charge is -2.08. The number of alkyl halides is 1. The number of carbonyl (C=O) groups excluding carboxylic acids is 1. The van der Waals surface area contributed by atoms with Crippen LogP contribution in [0.25, 0.3) is 6.08 Å². The van der Waals surface area contributed by atoms with E-state index in [1.54, 1.807) is 24.4 Å². The quantitative estimate of drug-likeness (QED) is 0.580. The highest BCUT2D eigenvalue weighted by Crippen LogP contribution is 2.35. The normalized spacial score (nSPS) is 13.5. The Morgan fingerprint density at radius 3 is 3.00 bits per heavy atom. The van der Waals surface area contributed by atoms with Crippen molar-refractivity contribution in [3.05, 3.63) is 40.4 Å². The Balaban J connectivity index is 1.47. The summed E-state index contributed by atoms with van der Waals surface area (Å²) in [5, 5.41) is 5.89. The zero-order valence-electron chi connectivity index (χ0n) is 15.1. The van der Waals surface area contributed by atoms with E-state index >= 15 is 0 Å². The highest BCUT2D eigenvalue weighted by molar-refractivity contribution is 7.14. The third kappa shape index (κ3) is 6.69. The summed E-state index contributed by atoms with van der Waals surface area (Å²) in [5.74, 6) is 1.92. The Kier molecular flexibility index (Phi) is 7.50. The molecule has 150 valence electrons. The molecule has 2 N–H and O–H groups in total. The van der Waals surface area contributed by atoms with Crippen LogP contribution in [0.3, 0.4) is 0 Å². The van der Waals surface area contributed by atoms with E-state index in [-0.39, 0.29) is 6.54 Å². The first kappa shape index (κ1) is 20.4. The second-order valence-corrected chi connectivity index (χ2v) is 7.64. The van der Waals surface area contributed by atoms with Crippen LogP contribution in [0.4, 0.5) is 9.18 Å². The van der Waals surface area contributed by atoms with Crippen LogP contribution in [0.15, 0.2) is 30.5 Å². The lowest BCUT2D eigenvalue weighted by Crippen LogP contribution is -2.36. The summed E-state index contributed by atoms with van der Waals surface area (Å²) in [6.07, 6.45) is 7.72. The average Bonchev–Trinajstić information content (AvgIpc) is 3.42. The minimum absolute atomic E-state index is 0.00126. The van der Waals surface area contributed by atoms with E-state index in [1.807, 2.05) is 12.1 Å². The first-order chi connectivity index (χ1) is 13.6. The van der Waals surface area contributed by atoms with Crippen molar-refractivity contribution in [2.45, 2.75) is 12.8 Å². The van der Waals surface area contributed by atoms with Crippen molar-refractivity contribution >= 4 is 35.0 Å². The van der Waals surface area contributed by atoms with Crippen LogP contribution in [0.1, 0.15) is 17.7 Å². The molecule has 1 heterocycles. The zero-order chi connectivity index (χ0) is 19.8. The molecule has 1 aromatic carbocycles. The third-order valence-electron chi connectivity index (χ3n) is 3.83. The number of nitrogens with zero attached hydrogens (tertiary/aromatic N) is 1. The molecular formula is C19H21ClFN3O3S. The third-order valence-corrected chi connectivity index (χ3v) is 4.96. The molecule has 6 nitrogen and oxygen atoms in total. The molecule has 1 saturated carbocycles. The molecule has 2 amide bonds. The van der Waals surface area contributed by atoms with Crippen LogP contribution in [0.5, 0.6) is 16.7 Å². The highest BCUT2D eigenvalue weighted by atomic mass is 35.5. The summed E-state index contributed by atoms with van der Waals surface area (Å²) < 4.78 is 23.4. The van der Waals surface area contributed by atoms with E-state index < -0.39 is 12.7 Å². The van der Waals surface area contributed by atoms with Gasteiger partial charge in [0.05, 0.1) is 16.5 Å². The van der Waals surface area contributed by atoms with Crippen LogP contribution >= 0.6 is 22.9 Å². The van der Waals surface area contributed by atoms with Crippen molar-refractivity contribution in [2.75, 3.05) is 26.4 Å². The number of ether oxygens (including phenoxy) is 2. The maximum atomic E-state index is 11.9. The van der Waals surface area contributed by atoms with E-state index in [9.17, 15) is 9.18 Å². The molecule has 0 aliphatic heterocycles. The van der Waals surface area contributed by atoms with Crippen molar-refractivity contribution in [1.82, 2.24) is 15.6 Å². The average molecular weight is 426 g/mol. The van der Waals surface area contributed by atoms with Crippen LogP contribution < -0.4 is 20.1 Å². The smallest absolute Gasteiger partial charge is 0.315 e. The van der Waals surface area contributed by atoms with Gasteiger partial charge in [-0.25, -0.2) is 14.2 Å². The van der Waals surface area contributed by atoms with Gasteiger partial charge in [-0.3, -0.25) is 0 Å². The molecule has 1 aromatic heterocycles. The fourth-order valence-corrected chi connectivity index (χ4v) is 3.11. The lowest BCUT2D eigenvalue weighted by molar-refractivity contribution is 0.241. The Morgan fingerprint density at radius 2 is 2.25 bits per heavy atom. The summed E-state index contributed by atoms with van der Waals surface area (Å²) in [6.45, 7) is 0.458. The number of halogens is 2. The van der Waals surface area contributed by atoms with Crippen molar-refractivity contribution in [2.24, 2.45) is 5.92 Å². The van der Waals surface area contributed by atoms with E-state index in [0.29, 0.717) is 28.4 Å². The molecule has 0 saturated heterocycles. The molecule has 28 heavy (non-hydrogen) atoms. The predicted molar refractivity (Wildman–Crippen MR) is 108 cm³/mol. The van der Waals surface area contributed by atoms with E-state index in [4.69, 9.17) is 21.1 Å². The molecule has 1 aliphatic rings. The van der Waals surface area contributed by atoms with Gasteiger partial charge >= 0.3 is 6.03 Å². The van der Waals surface area contributed by atoms with Crippen LogP contribution in [0, 0.1) is 5.92 Å². The summed E-state index contributed by atoms with van der Waals surface area (Å²) >= 11 is 7.62. The van der Waals surface area contributed by atoms with Crippen LogP contribution in [-0.2, 0) is 0 Å². The Labute approximate surface area is 171 Å². The maximum Gasteiger partial charge on any atom is 0.315 e. The number of amides is 2. The van der Waals surface area contributed by atoms with Gasteiger partial charge in [-0.1, -0.05) is 29.0 Å². The van der Waals surface area contributed by atoms with Gasteiger partial charge in [0.1, 0.15) is 18.2 Å². The molecule has 0 radical (unpaired) electrons. The molecule has 2 aromatic rings. The van der Waals surface area contributed by atoms with Gasteiger partial charge in [-0.15, -0.1) is 0 Å². The van der Waals surface area contributed by atoms with Gasteiger partial charge in [0.15, 0.2) is 0 Å². The van der Waals surface area contributed by atoms with Gasteiger partial charge < -0.3 is 20.1 Å². The predicted octanol–water partition coefficient (Wildman–Crippen LogP) is 4.66. The molecule has 3 rings (SSSR count). The number of nitrogens with one attached hydrogen (secondary N) is 2. The number of thiazole rings is 1. The fraction of sp³-hybridized carbons (Fsp3) is 0.368. The number of benzene rings is 1. The Hall–Kier alpha value is -2.32. The second-order valence-electron chi connectivity index (χ2n) is 6.21. The van der Waals surface area contributed by atoms with E-state index in [1.165, 1.54) is 24.2 Å². The van der Waals surface area contributed by atoms with E-state index in [2.05, 4.69) is 15.6 Å². The number of urea groups is 1. The standard InChI is InChI=1S/C19H21ClFN3O3S/c20-16-10-14(26-12-13-3-4-13)5-6-17(16)27-19-24-11-15(28-19)2-1-8-22-18(25)23-9-7-21/h1-2,5-6,10-11,13H,3-4,7-9,12H2,(H2,22,23,25)/b2-1+. The Morgan fingerprint density at radius 1 is 1.39 bits per heavy atom. The largest absolute Gasteiger partial charge is 0.493 e. The molecule has 1 fully saturated rings. The van der Waals surface area contributed by atoms with Crippen molar-refractivity contribution < 1.29 is 18.7 Å².